The van der Waals surface area contributed by atoms with E-state index in [1.165, 1.54) is 6.07 Å². The van der Waals surface area contributed by atoms with Gasteiger partial charge in [-0.15, -0.1) is 0 Å². The van der Waals surface area contributed by atoms with Crippen molar-refractivity contribution in [2.75, 3.05) is 0 Å². The van der Waals surface area contributed by atoms with Crippen LogP contribution < -0.4 is 5.43 Å². The predicted octanol–water partition coefficient (Wildman–Crippen LogP) is 4.81. The van der Waals surface area contributed by atoms with Gasteiger partial charge in [-0.3, -0.25) is 4.79 Å². The van der Waals surface area contributed by atoms with Crippen LogP contribution in [0.5, 0.6) is 5.75 Å². The molecule has 0 radical (unpaired) electrons. The Morgan fingerprint density at radius 1 is 1.27 bits per heavy atom. The fourth-order valence-corrected chi connectivity index (χ4v) is 2.68. The van der Waals surface area contributed by atoms with Crippen molar-refractivity contribution in [3.05, 3.63) is 62.8 Å². The van der Waals surface area contributed by atoms with Crippen molar-refractivity contribution in [2.45, 2.75) is 20.3 Å². The molecule has 0 spiro atoms. The van der Waals surface area contributed by atoms with Crippen molar-refractivity contribution in [2.24, 2.45) is 0 Å². The highest BCUT2D eigenvalue weighted by molar-refractivity contribution is 6.33. The van der Waals surface area contributed by atoms with E-state index < -0.39 is 0 Å². The molecule has 2 aromatic carbocycles. The minimum Gasteiger partial charge on any atom is -0.506 e. The summed E-state index contributed by atoms with van der Waals surface area (Å²) >= 11 is 6.08. The van der Waals surface area contributed by atoms with Crippen molar-refractivity contribution in [1.29, 1.82) is 0 Å². The highest BCUT2D eigenvalue weighted by Crippen LogP contribution is 2.35. The third-order valence-electron chi connectivity index (χ3n) is 3.60. The zero-order chi connectivity index (χ0) is 15.9. The summed E-state index contributed by atoms with van der Waals surface area (Å²) in [7, 11) is 0. The third kappa shape index (κ3) is 2.38. The molecule has 0 unspecified atom stereocenters. The van der Waals surface area contributed by atoms with Crippen LogP contribution in [-0.2, 0) is 6.42 Å². The lowest BCUT2D eigenvalue weighted by molar-refractivity contribution is 0.469. The van der Waals surface area contributed by atoms with Gasteiger partial charge in [0.15, 0.2) is 0 Å². The molecular weight excluding hydrogens is 300 g/mol. The zero-order valence-corrected chi connectivity index (χ0v) is 13.1. The Morgan fingerprint density at radius 3 is 2.73 bits per heavy atom. The summed E-state index contributed by atoms with van der Waals surface area (Å²) in [5.74, 6) is -0.0369. The zero-order valence-electron chi connectivity index (χ0n) is 12.3. The lowest BCUT2D eigenvalue weighted by Gasteiger charge is -2.09. The molecule has 0 saturated heterocycles. The SMILES string of the molecule is CC(C)=CCc1c(O)c(Cl)cc2c(=O)c3ccccc3oc12. The lowest BCUT2D eigenvalue weighted by Crippen LogP contribution is -2.03. The molecule has 1 heterocycles. The van der Waals surface area contributed by atoms with Gasteiger partial charge in [-0.2, -0.15) is 0 Å². The molecule has 0 aliphatic rings. The number of allylic oxidation sites excluding steroid dienone is 2. The van der Waals surface area contributed by atoms with Crippen molar-refractivity contribution in [3.8, 4) is 5.75 Å². The maximum Gasteiger partial charge on any atom is 0.200 e. The van der Waals surface area contributed by atoms with Gasteiger partial charge in [-0.1, -0.05) is 35.4 Å². The Kier molecular flexibility index (Phi) is 3.67. The molecule has 0 amide bonds. The number of hydrogen-bond acceptors (Lipinski definition) is 3. The van der Waals surface area contributed by atoms with Gasteiger partial charge in [-0.25, -0.2) is 0 Å². The fraction of sp³-hybridized carbons (Fsp3) is 0.167. The van der Waals surface area contributed by atoms with Crippen LogP contribution in [0, 0.1) is 0 Å². The molecule has 0 bridgehead atoms. The van der Waals surface area contributed by atoms with Gasteiger partial charge in [0.2, 0.25) is 5.43 Å². The molecule has 0 aliphatic heterocycles. The normalized spacial score (nSPS) is 11.0. The van der Waals surface area contributed by atoms with E-state index in [9.17, 15) is 9.90 Å². The number of halogens is 1. The van der Waals surface area contributed by atoms with Crippen LogP contribution in [0.25, 0.3) is 21.9 Å². The number of rotatable bonds is 2. The molecule has 3 aromatic rings. The first kappa shape index (κ1) is 14.7. The minimum atomic E-state index is -0.141. The summed E-state index contributed by atoms with van der Waals surface area (Å²) in [4.78, 5) is 12.6. The molecule has 0 atom stereocenters. The van der Waals surface area contributed by atoms with Crippen LogP contribution in [0.1, 0.15) is 19.4 Å². The fourth-order valence-electron chi connectivity index (χ4n) is 2.45. The van der Waals surface area contributed by atoms with Crippen molar-refractivity contribution in [3.63, 3.8) is 0 Å². The smallest absolute Gasteiger partial charge is 0.200 e. The van der Waals surface area contributed by atoms with E-state index >= 15 is 0 Å². The van der Waals surface area contributed by atoms with Crippen molar-refractivity contribution >= 4 is 33.5 Å². The molecule has 0 fully saturated rings. The molecule has 4 heteroatoms. The lowest BCUT2D eigenvalue weighted by atomic mass is 10.0. The highest BCUT2D eigenvalue weighted by atomic mass is 35.5. The highest BCUT2D eigenvalue weighted by Gasteiger charge is 2.16. The third-order valence-corrected chi connectivity index (χ3v) is 3.89. The summed E-state index contributed by atoms with van der Waals surface area (Å²) < 4.78 is 5.88. The maximum atomic E-state index is 12.6. The number of fused-ring (bicyclic) bond motifs is 2. The monoisotopic (exact) mass is 314 g/mol. The van der Waals surface area contributed by atoms with Crippen LogP contribution in [0.4, 0.5) is 0 Å². The van der Waals surface area contributed by atoms with E-state index in [1.54, 1.807) is 18.2 Å². The van der Waals surface area contributed by atoms with E-state index in [2.05, 4.69) is 0 Å². The van der Waals surface area contributed by atoms with Gasteiger partial charge in [-0.05, 0) is 38.5 Å². The Balaban J connectivity index is 2.45. The molecule has 22 heavy (non-hydrogen) atoms. The number of phenols is 1. The molecule has 0 aliphatic carbocycles. The van der Waals surface area contributed by atoms with Crippen LogP contribution in [0.15, 0.2) is 51.2 Å². The van der Waals surface area contributed by atoms with Gasteiger partial charge in [0.05, 0.1) is 15.8 Å². The van der Waals surface area contributed by atoms with Crippen molar-refractivity contribution in [1.82, 2.24) is 0 Å². The number of phenolic OH excluding ortho intramolecular Hbond substituents is 1. The Hall–Kier alpha value is -2.26. The summed E-state index contributed by atoms with van der Waals surface area (Å²) in [6.07, 6.45) is 2.41. The van der Waals surface area contributed by atoms with E-state index in [1.807, 2.05) is 26.0 Å². The largest absolute Gasteiger partial charge is 0.506 e. The maximum absolute atomic E-state index is 12.6. The molecule has 0 saturated carbocycles. The topological polar surface area (TPSA) is 50.4 Å². The first-order valence-corrected chi connectivity index (χ1v) is 7.36. The second-order valence-electron chi connectivity index (χ2n) is 5.48. The summed E-state index contributed by atoms with van der Waals surface area (Å²) in [5.41, 5.74) is 2.39. The standard InChI is InChI=1S/C18H15ClO3/c1-10(2)7-8-12-17(21)14(19)9-13-16(20)11-5-3-4-6-15(11)22-18(12)13/h3-7,9,21H,8H2,1-2H3. The second-order valence-corrected chi connectivity index (χ2v) is 5.88. The molecular formula is C18H15ClO3. The van der Waals surface area contributed by atoms with Crippen LogP contribution in [-0.4, -0.2) is 5.11 Å². The molecule has 3 nitrogen and oxygen atoms in total. The summed E-state index contributed by atoms with van der Waals surface area (Å²) in [6.45, 7) is 3.94. The first-order valence-electron chi connectivity index (χ1n) is 6.98. The minimum absolute atomic E-state index is 0.0369. The van der Waals surface area contributed by atoms with Crippen LogP contribution in [0.3, 0.4) is 0 Å². The predicted molar refractivity (Wildman–Crippen MR) is 89.8 cm³/mol. The van der Waals surface area contributed by atoms with Crippen molar-refractivity contribution < 1.29 is 9.52 Å². The molecule has 1 N–H and O–H groups in total. The number of hydrogen-bond donors (Lipinski definition) is 1. The van der Waals surface area contributed by atoms with E-state index in [0.717, 1.165) is 5.57 Å². The number of aromatic hydroxyl groups is 1. The van der Waals surface area contributed by atoms with E-state index in [0.29, 0.717) is 33.9 Å². The molecule has 1 aromatic heterocycles. The van der Waals surface area contributed by atoms with Gasteiger partial charge < -0.3 is 9.52 Å². The van der Waals surface area contributed by atoms with Gasteiger partial charge in [0, 0.05) is 5.56 Å². The Bertz CT molecular complexity index is 963. The van der Waals surface area contributed by atoms with Crippen LogP contribution >= 0.6 is 11.6 Å². The first-order chi connectivity index (χ1) is 10.5. The number of benzene rings is 2. The molecule has 3 rings (SSSR count). The Morgan fingerprint density at radius 2 is 2.00 bits per heavy atom. The summed E-state index contributed by atoms with van der Waals surface area (Å²) in [5, 5.41) is 11.3. The van der Waals surface area contributed by atoms with Gasteiger partial charge >= 0.3 is 0 Å². The van der Waals surface area contributed by atoms with Gasteiger partial charge in [0.1, 0.15) is 16.9 Å². The quantitative estimate of drug-likeness (QED) is 0.545. The molecule has 112 valence electrons. The summed E-state index contributed by atoms with van der Waals surface area (Å²) in [6, 6.07) is 8.53. The second kappa shape index (κ2) is 5.50. The van der Waals surface area contributed by atoms with E-state index in [-0.39, 0.29) is 16.2 Å². The number of para-hydroxylation sites is 1. The Labute approximate surface area is 132 Å². The van der Waals surface area contributed by atoms with Gasteiger partial charge in [0.25, 0.3) is 0 Å². The average molecular weight is 315 g/mol. The van der Waals surface area contributed by atoms with Crippen LogP contribution in [0.2, 0.25) is 5.02 Å². The van der Waals surface area contributed by atoms with E-state index in [4.69, 9.17) is 16.0 Å². The average Bonchev–Trinajstić information content (AvgIpc) is 2.49.